The first-order chi connectivity index (χ1) is 10.2. The molecule has 0 aliphatic rings. The van der Waals surface area contributed by atoms with E-state index in [9.17, 15) is 0 Å². The summed E-state index contributed by atoms with van der Waals surface area (Å²) in [4.78, 5) is 8.74. The zero-order chi connectivity index (χ0) is 15.1. The lowest BCUT2D eigenvalue weighted by Crippen LogP contribution is -2.12. The van der Waals surface area contributed by atoms with Crippen LogP contribution in [0.3, 0.4) is 0 Å². The predicted octanol–water partition coefficient (Wildman–Crippen LogP) is 2.82. The molecule has 112 valence electrons. The summed E-state index contributed by atoms with van der Waals surface area (Å²) in [5, 5.41) is 14.6. The molecule has 0 saturated carbocycles. The summed E-state index contributed by atoms with van der Waals surface area (Å²) in [6.45, 7) is 7.92. The third-order valence-corrected chi connectivity index (χ3v) is 3.07. The second-order valence-electron chi connectivity index (χ2n) is 5.13. The van der Waals surface area contributed by atoms with Gasteiger partial charge in [0.1, 0.15) is 18.0 Å². The van der Waals surface area contributed by atoms with Crippen LogP contribution in [0, 0.1) is 0 Å². The van der Waals surface area contributed by atoms with Gasteiger partial charge in [-0.1, -0.05) is 20.8 Å². The van der Waals surface area contributed by atoms with E-state index in [0.29, 0.717) is 12.5 Å². The van der Waals surface area contributed by atoms with Gasteiger partial charge in [0.15, 0.2) is 0 Å². The van der Waals surface area contributed by atoms with Crippen molar-refractivity contribution in [3.63, 3.8) is 0 Å². The lowest BCUT2D eigenvalue weighted by molar-refractivity contribution is 0.835. The molecule has 0 aliphatic heterocycles. The van der Waals surface area contributed by atoms with Crippen LogP contribution in [0.5, 0.6) is 0 Å². The first-order valence-corrected chi connectivity index (χ1v) is 7.31. The zero-order valence-corrected chi connectivity index (χ0v) is 12.8. The lowest BCUT2D eigenvalue weighted by atomic mass is 10.0. The number of rotatable bonds is 7. The average Bonchev–Trinajstić information content (AvgIpc) is 2.51. The van der Waals surface area contributed by atoms with Crippen LogP contribution in [0.2, 0.25) is 0 Å². The molecule has 0 radical (unpaired) electrons. The number of nitrogens with one attached hydrogen (secondary N) is 2. The quantitative estimate of drug-likeness (QED) is 0.815. The van der Waals surface area contributed by atoms with Crippen LogP contribution in [-0.4, -0.2) is 26.7 Å². The SMILES string of the molecule is CCCNc1ncnc(NCc2cccnn2)c1C(C)C. The van der Waals surface area contributed by atoms with E-state index in [2.05, 4.69) is 51.6 Å². The Morgan fingerprint density at radius 1 is 1.14 bits per heavy atom. The average molecular weight is 286 g/mol. The van der Waals surface area contributed by atoms with Gasteiger partial charge < -0.3 is 10.6 Å². The Morgan fingerprint density at radius 2 is 1.90 bits per heavy atom. The van der Waals surface area contributed by atoms with Crippen LogP contribution >= 0.6 is 0 Å². The van der Waals surface area contributed by atoms with Gasteiger partial charge in [0, 0.05) is 18.3 Å². The highest BCUT2D eigenvalue weighted by atomic mass is 15.1. The van der Waals surface area contributed by atoms with Crippen molar-refractivity contribution in [2.75, 3.05) is 17.2 Å². The molecule has 21 heavy (non-hydrogen) atoms. The second kappa shape index (κ2) is 7.52. The topological polar surface area (TPSA) is 75.6 Å². The van der Waals surface area contributed by atoms with E-state index in [1.54, 1.807) is 12.5 Å². The van der Waals surface area contributed by atoms with Crippen LogP contribution in [0.25, 0.3) is 0 Å². The highest BCUT2D eigenvalue weighted by Gasteiger charge is 2.14. The standard InChI is InChI=1S/C15H22N6/c1-4-7-16-14-13(11(2)3)15(19-10-18-14)17-9-12-6-5-8-20-21-12/h5-6,8,10-11H,4,7,9H2,1-3H3,(H2,16,17,18,19). The molecule has 6 nitrogen and oxygen atoms in total. The number of anilines is 2. The minimum Gasteiger partial charge on any atom is -0.370 e. The predicted molar refractivity (Wildman–Crippen MR) is 84.3 cm³/mol. The molecular weight excluding hydrogens is 264 g/mol. The van der Waals surface area contributed by atoms with E-state index in [-0.39, 0.29) is 0 Å². The summed E-state index contributed by atoms with van der Waals surface area (Å²) >= 11 is 0. The third-order valence-electron chi connectivity index (χ3n) is 3.07. The van der Waals surface area contributed by atoms with Crippen molar-refractivity contribution >= 4 is 11.6 Å². The van der Waals surface area contributed by atoms with Crippen molar-refractivity contribution in [1.29, 1.82) is 0 Å². The van der Waals surface area contributed by atoms with Crippen LogP contribution in [0.15, 0.2) is 24.7 Å². The Hall–Kier alpha value is -2.24. The Labute approximate surface area is 125 Å². The molecular formula is C15H22N6. The Morgan fingerprint density at radius 3 is 2.52 bits per heavy atom. The van der Waals surface area contributed by atoms with Crippen LogP contribution < -0.4 is 10.6 Å². The molecule has 2 aromatic heterocycles. The van der Waals surface area contributed by atoms with Gasteiger partial charge in [0.25, 0.3) is 0 Å². The number of aromatic nitrogens is 4. The van der Waals surface area contributed by atoms with Gasteiger partial charge in [-0.3, -0.25) is 0 Å². The van der Waals surface area contributed by atoms with Gasteiger partial charge in [0.2, 0.25) is 0 Å². The van der Waals surface area contributed by atoms with Crippen molar-refractivity contribution in [3.05, 3.63) is 35.9 Å². The molecule has 0 aromatic carbocycles. The monoisotopic (exact) mass is 286 g/mol. The minimum atomic E-state index is 0.329. The fourth-order valence-electron chi connectivity index (χ4n) is 2.07. The van der Waals surface area contributed by atoms with Crippen molar-refractivity contribution in [2.24, 2.45) is 0 Å². The molecule has 0 amide bonds. The molecule has 0 spiro atoms. The van der Waals surface area contributed by atoms with Crippen molar-refractivity contribution in [2.45, 2.75) is 39.7 Å². The van der Waals surface area contributed by atoms with Crippen molar-refractivity contribution in [3.8, 4) is 0 Å². The maximum Gasteiger partial charge on any atom is 0.135 e. The van der Waals surface area contributed by atoms with Gasteiger partial charge in [-0.25, -0.2) is 9.97 Å². The molecule has 2 rings (SSSR count). The molecule has 0 atom stereocenters. The van der Waals surface area contributed by atoms with Crippen LogP contribution in [-0.2, 0) is 6.54 Å². The van der Waals surface area contributed by atoms with Gasteiger partial charge in [0.05, 0.1) is 12.2 Å². The van der Waals surface area contributed by atoms with Gasteiger partial charge in [-0.15, -0.1) is 0 Å². The zero-order valence-electron chi connectivity index (χ0n) is 12.8. The van der Waals surface area contributed by atoms with E-state index in [0.717, 1.165) is 35.9 Å². The molecule has 0 saturated heterocycles. The summed E-state index contributed by atoms with van der Waals surface area (Å²) < 4.78 is 0. The summed E-state index contributed by atoms with van der Waals surface area (Å²) in [5.74, 6) is 2.09. The smallest absolute Gasteiger partial charge is 0.135 e. The van der Waals surface area contributed by atoms with Crippen molar-refractivity contribution in [1.82, 2.24) is 20.2 Å². The number of hydrogen-bond acceptors (Lipinski definition) is 6. The van der Waals surface area contributed by atoms with Gasteiger partial charge in [-0.2, -0.15) is 10.2 Å². The normalized spacial score (nSPS) is 10.7. The maximum atomic E-state index is 4.37. The summed E-state index contributed by atoms with van der Waals surface area (Å²) in [6.07, 6.45) is 4.31. The fraction of sp³-hybridized carbons (Fsp3) is 0.467. The Bertz CT molecular complexity index is 555. The third kappa shape index (κ3) is 4.11. The van der Waals surface area contributed by atoms with Crippen LogP contribution in [0.4, 0.5) is 11.6 Å². The molecule has 0 fully saturated rings. The van der Waals surface area contributed by atoms with Gasteiger partial charge >= 0.3 is 0 Å². The fourth-order valence-corrected chi connectivity index (χ4v) is 2.07. The summed E-state index contributed by atoms with van der Waals surface area (Å²) in [5.41, 5.74) is 1.99. The second-order valence-corrected chi connectivity index (χ2v) is 5.13. The van der Waals surface area contributed by atoms with Gasteiger partial charge in [-0.05, 0) is 24.5 Å². The van der Waals surface area contributed by atoms with E-state index >= 15 is 0 Å². The van der Waals surface area contributed by atoms with E-state index in [4.69, 9.17) is 0 Å². The largest absolute Gasteiger partial charge is 0.370 e. The highest BCUT2D eigenvalue weighted by Crippen LogP contribution is 2.28. The van der Waals surface area contributed by atoms with Crippen molar-refractivity contribution < 1.29 is 0 Å². The molecule has 0 unspecified atom stereocenters. The van der Waals surface area contributed by atoms with E-state index in [1.807, 2.05) is 12.1 Å². The maximum absolute atomic E-state index is 4.37. The summed E-state index contributed by atoms with van der Waals surface area (Å²) in [6, 6.07) is 3.81. The molecule has 0 aliphatic carbocycles. The first-order valence-electron chi connectivity index (χ1n) is 7.31. The molecule has 2 aromatic rings. The number of hydrogen-bond donors (Lipinski definition) is 2. The minimum absolute atomic E-state index is 0.329. The van der Waals surface area contributed by atoms with E-state index < -0.39 is 0 Å². The number of nitrogens with zero attached hydrogens (tertiary/aromatic N) is 4. The molecule has 2 heterocycles. The molecule has 0 bridgehead atoms. The van der Waals surface area contributed by atoms with E-state index in [1.165, 1.54) is 0 Å². The Kier molecular flexibility index (Phi) is 5.43. The molecule has 2 N–H and O–H groups in total. The van der Waals surface area contributed by atoms with Crippen LogP contribution in [0.1, 0.15) is 44.4 Å². The molecule has 6 heteroatoms. The first kappa shape index (κ1) is 15.2. The summed E-state index contributed by atoms with van der Waals surface area (Å²) in [7, 11) is 0. The Balaban J connectivity index is 2.17. The lowest BCUT2D eigenvalue weighted by Gasteiger charge is -2.17. The highest BCUT2D eigenvalue weighted by molar-refractivity contribution is 5.59.